The fourth-order valence-corrected chi connectivity index (χ4v) is 1.77. The van der Waals surface area contributed by atoms with E-state index in [1.54, 1.807) is 0 Å². The summed E-state index contributed by atoms with van der Waals surface area (Å²) in [5, 5.41) is 2.64. The smallest absolute Gasteiger partial charge is 0.253 e. The predicted molar refractivity (Wildman–Crippen MR) is 68.4 cm³/mol. The van der Waals surface area contributed by atoms with Gasteiger partial charge < -0.3 is 11.1 Å². The highest BCUT2D eigenvalue weighted by Gasteiger charge is 2.08. The average Bonchev–Trinajstić information content (AvgIpc) is 2.27. The van der Waals surface area contributed by atoms with Crippen LogP contribution in [0.15, 0.2) is 18.5 Å². The van der Waals surface area contributed by atoms with Gasteiger partial charge in [-0.1, -0.05) is 0 Å². The number of nitrogen functional groups attached to an aromatic ring is 1. The molecule has 0 aliphatic rings. The number of amides is 1. The van der Waals surface area contributed by atoms with Crippen molar-refractivity contribution in [2.75, 3.05) is 25.1 Å². The van der Waals surface area contributed by atoms with Crippen LogP contribution in [0.2, 0.25) is 0 Å². The van der Waals surface area contributed by atoms with Gasteiger partial charge in [-0.15, -0.1) is 0 Å². The minimum absolute atomic E-state index is 0.283. The summed E-state index contributed by atoms with van der Waals surface area (Å²) >= 11 is 0. The minimum Gasteiger partial charge on any atom is -0.397 e. The second-order valence-electron chi connectivity index (χ2n) is 3.74. The Hall–Kier alpha value is -1.67. The second-order valence-corrected chi connectivity index (χ2v) is 5.57. The second kappa shape index (κ2) is 6.31. The van der Waals surface area contributed by atoms with Crippen molar-refractivity contribution in [3.63, 3.8) is 0 Å². The first-order chi connectivity index (χ1) is 8.40. The van der Waals surface area contributed by atoms with Crippen molar-refractivity contribution in [2.45, 2.75) is 6.42 Å². The van der Waals surface area contributed by atoms with E-state index >= 15 is 0 Å². The molecule has 18 heavy (non-hydrogen) atoms. The fourth-order valence-electron chi connectivity index (χ4n) is 1.26. The number of nitrogens with one attached hydrogen (secondary N) is 2. The largest absolute Gasteiger partial charge is 0.397 e. The Morgan fingerprint density at radius 1 is 1.44 bits per heavy atom. The number of pyridine rings is 1. The molecule has 0 saturated heterocycles. The van der Waals surface area contributed by atoms with E-state index in [1.165, 1.54) is 18.5 Å². The van der Waals surface area contributed by atoms with Gasteiger partial charge >= 0.3 is 0 Å². The summed E-state index contributed by atoms with van der Waals surface area (Å²) in [4.78, 5) is 15.5. The Morgan fingerprint density at radius 2 is 2.17 bits per heavy atom. The highest BCUT2D eigenvalue weighted by Crippen LogP contribution is 2.07. The lowest BCUT2D eigenvalue weighted by molar-refractivity contribution is 0.0954. The number of hydrogen-bond donors (Lipinski definition) is 3. The zero-order chi connectivity index (χ0) is 13.6. The van der Waals surface area contributed by atoms with Crippen LogP contribution < -0.4 is 15.8 Å². The number of carbonyl (C=O) groups excluding carboxylic acids is 1. The molecule has 1 amide bonds. The van der Waals surface area contributed by atoms with E-state index in [-0.39, 0.29) is 12.5 Å². The van der Waals surface area contributed by atoms with Crippen LogP contribution in [0.25, 0.3) is 0 Å². The minimum atomic E-state index is -3.17. The van der Waals surface area contributed by atoms with Crippen LogP contribution in [0.1, 0.15) is 16.8 Å². The van der Waals surface area contributed by atoms with Crippen molar-refractivity contribution in [3.8, 4) is 0 Å². The van der Waals surface area contributed by atoms with Crippen LogP contribution in [0.5, 0.6) is 0 Å². The Balaban J connectivity index is 2.33. The van der Waals surface area contributed by atoms with Crippen LogP contribution in [-0.4, -0.2) is 38.7 Å². The van der Waals surface area contributed by atoms with E-state index < -0.39 is 10.0 Å². The molecule has 0 unspecified atom stereocenters. The van der Waals surface area contributed by atoms with Gasteiger partial charge in [-0.05, 0) is 12.5 Å². The molecule has 1 heterocycles. The van der Waals surface area contributed by atoms with Crippen molar-refractivity contribution in [1.82, 2.24) is 15.0 Å². The van der Waals surface area contributed by atoms with E-state index in [1.807, 2.05) is 0 Å². The lowest BCUT2D eigenvalue weighted by Gasteiger charge is -2.07. The van der Waals surface area contributed by atoms with Crippen LogP contribution in [0.3, 0.4) is 0 Å². The zero-order valence-corrected chi connectivity index (χ0v) is 10.8. The molecular formula is C10H16N4O3S. The number of nitrogens with zero attached hydrogens (tertiary/aromatic N) is 1. The molecule has 0 fully saturated rings. The number of rotatable bonds is 6. The number of aromatic nitrogens is 1. The normalized spacial score (nSPS) is 11.2. The van der Waals surface area contributed by atoms with Crippen molar-refractivity contribution < 1.29 is 13.2 Å². The third-order valence-electron chi connectivity index (χ3n) is 2.10. The molecule has 0 radical (unpaired) electrons. The van der Waals surface area contributed by atoms with Crippen molar-refractivity contribution in [3.05, 3.63) is 24.0 Å². The van der Waals surface area contributed by atoms with Crippen LogP contribution in [0, 0.1) is 0 Å². The van der Waals surface area contributed by atoms with Gasteiger partial charge in [-0.3, -0.25) is 9.78 Å². The van der Waals surface area contributed by atoms with Crippen molar-refractivity contribution in [1.29, 1.82) is 0 Å². The summed E-state index contributed by atoms with van der Waals surface area (Å²) < 4.78 is 23.9. The third-order valence-corrected chi connectivity index (χ3v) is 2.83. The molecule has 0 spiro atoms. The molecule has 1 aromatic rings. The highest BCUT2D eigenvalue weighted by molar-refractivity contribution is 7.88. The molecule has 4 N–H and O–H groups in total. The highest BCUT2D eigenvalue weighted by atomic mass is 32.2. The number of sulfonamides is 1. The van der Waals surface area contributed by atoms with Crippen LogP contribution in [0.4, 0.5) is 5.69 Å². The molecular weight excluding hydrogens is 256 g/mol. The predicted octanol–water partition coefficient (Wildman–Crippen LogP) is -0.667. The van der Waals surface area contributed by atoms with E-state index in [4.69, 9.17) is 5.73 Å². The standard InChI is InChI=1S/C10H16N4O3S/c1-18(16,17)14-5-2-4-13-10(15)8-3-6-12-7-9(8)11/h3,6-7,14H,2,4-5,11H2,1H3,(H,13,15). The molecule has 7 nitrogen and oxygen atoms in total. The van der Waals surface area contributed by atoms with Crippen LogP contribution >= 0.6 is 0 Å². The lowest BCUT2D eigenvalue weighted by Crippen LogP contribution is -2.29. The topological polar surface area (TPSA) is 114 Å². The maximum atomic E-state index is 11.7. The molecule has 1 aromatic heterocycles. The maximum Gasteiger partial charge on any atom is 0.253 e. The van der Waals surface area contributed by atoms with E-state index in [9.17, 15) is 13.2 Å². The number of nitrogens with two attached hydrogens (primary N) is 1. The number of carbonyl (C=O) groups is 1. The fraction of sp³-hybridized carbons (Fsp3) is 0.400. The summed E-state index contributed by atoms with van der Waals surface area (Å²) in [5.41, 5.74) is 6.27. The molecule has 0 aliphatic carbocycles. The first-order valence-electron chi connectivity index (χ1n) is 5.32. The summed E-state index contributed by atoms with van der Waals surface area (Å²) in [6.07, 6.45) is 4.48. The Labute approximate surface area is 106 Å². The van der Waals surface area contributed by atoms with Gasteiger partial charge in [0, 0.05) is 19.3 Å². The third kappa shape index (κ3) is 5.11. The van der Waals surface area contributed by atoms with E-state index in [0.717, 1.165) is 6.26 Å². The van der Waals surface area contributed by atoms with Crippen molar-refractivity contribution in [2.24, 2.45) is 0 Å². The van der Waals surface area contributed by atoms with Crippen LogP contribution in [-0.2, 0) is 10.0 Å². The molecule has 1 rings (SSSR count). The average molecular weight is 272 g/mol. The maximum absolute atomic E-state index is 11.7. The first kappa shape index (κ1) is 14.4. The zero-order valence-electron chi connectivity index (χ0n) is 10.0. The Bertz CT molecular complexity index is 516. The van der Waals surface area contributed by atoms with Gasteiger partial charge in [0.25, 0.3) is 5.91 Å². The number of hydrogen-bond acceptors (Lipinski definition) is 5. The number of anilines is 1. The monoisotopic (exact) mass is 272 g/mol. The quantitative estimate of drug-likeness (QED) is 0.594. The van der Waals surface area contributed by atoms with Gasteiger partial charge in [0.15, 0.2) is 0 Å². The summed E-state index contributed by atoms with van der Waals surface area (Å²) in [6.45, 7) is 0.647. The summed E-state index contributed by atoms with van der Waals surface area (Å²) in [6, 6.07) is 1.53. The Morgan fingerprint density at radius 3 is 2.78 bits per heavy atom. The van der Waals surface area contributed by atoms with Gasteiger partial charge in [0.2, 0.25) is 10.0 Å². The summed E-state index contributed by atoms with van der Waals surface area (Å²) in [7, 11) is -3.17. The van der Waals surface area contributed by atoms with E-state index in [2.05, 4.69) is 15.0 Å². The van der Waals surface area contributed by atoms with Gasteiger partial charge in [-0.2, -0.15) is 0 Å². The van der Waals surface area contributed by atoms with Gasteiger partial charge in [0.05, 0.1) is 23.7 Å². The Kier molecular flexibility index (Phi) is 5.05. The molecule has 0 aliphatic heterocycles. The lowest BCUT2D eigenvalue weighted by atomic mass is 10.2. The molecule has 0 aromatic carbocycles. The first-order valence-corrected chi connectivity index (χ1v) is 7.21. The molecule has 0 saturated carbocycles. The molecule has 0 bridgehead atoms. The molecule has 100 valence electrons. The molecule has 8 heteroatoms. The van der Waals surface area contributed by atoms with Gasteiger partial charge in [-0.25, -0.2) is 13.1 Å². The van der Waals surface area contributed by atoms with Crippen molar-refractivity contribution >= 4 is 21.6 Å². The van der Waals surface area contributed by atoms with E-state index in [0.29, 0.717) is 24.2 Å². The SMILES string of the molecule is CS(=O)(=O)NCCCNC(=O)c1ccncc1N. The van der Waals surface area contributed by atoms with Gasteiger partial charge in [0.1, 0.15) is 0 Å². The summed E-state index contributed by atoms with van der Waals surface area (Å²) in [5.74, 6) is -0.297. The molecule has 0 atom stereocenters.